The van der Waals surface area contributed by atoms with Crippen LogP contribution >= 0.6 is 11.6 Å². The fraction of sp³-hybridized carbons (Fsp3) is 0.545. The van der Waals surface area contributed by atoms with Gasteiger partial charge in [-0.1, -0.05) is 24.9 Å². The molecule has 0 saturated carbocycles. The van der Waals surface area contributed by atoms with E-state index in [1.807, 2.05) is 13.8 Å². The second-order valence-corrected chi connectivity index (χ2v) is 4.70. The number of aromatic nitrogens is 2. The Hall–Kier alpha value is -1.16. The Bertz CT molecular complexity index is 362. The molecule has 0 radical (unpaired) electrons. The molecule has 88 valence electrons. The molecule has 1 N–H and O–H groups in total. The van der Waals surface area contributed by atoms with Crippen LogP contribution in [-0.2, 0) is 0 Å². The van der Waals surface area contributed by atoms with Crippen molar-refractivity contribution in [2.75, 3.05) is 0 Å². The van der Waals surface area contributed by atoms with Crippen molar-refractivity contribution >= 4 is 17.5 Å². The summed E-state index contributed by atoms with van der Waals surface area (Å²) in [5.74, 6) is -0.220. The van der Waals surface area contributed by atoms with Crippen LogP contribution in [0.15, 0.2) is 12.4 Å². The van der Waals surface area contributed by atoms with E-state index in [9.17, 15) is 4.79 Å². The van der Waals surface area contributed by atoms with Crippen LogP contribution in [0.1, 0.15) is 44.1 Å². The number of nitrogens with one attached hydrogen (secondary N) is 1. The van der Waals surface area contributed by atoms with E-state index in [4.69, 9.17) is 11.6 Å². The number of carbonyl (C=O) groups is 1. The third kappa shape index (κ3) is 3.77. The van der Waals surface area contributed by atoms with Gasteiger partial charge in [0.2, 0.25) is 0 Å². The molecule has 1 aromatic rings. The highest BCUT2D eigenvalue weighted by atomic mass is 35.5. The minimum atomic E-state index is -0.229. The summed E-state index contributed by atoms with van der Waals surface area (Å²) in [5, 5.41) is 3.19. The topological polar surface area (TPSA) is 54.9 Å². The summed E-state index contributed by atoms with van der Waals surface area (Å²) >= 11 is 5.59. The van der Waals surface area contributed by atoms with E-state index in [1.54, 1.807) is 0 Å². The third-order valence-electron chi connectivity index (χ3n) is 2.18. The van der Waals surface area contributed by atoms with Gasteiger partial charge in [0.25, 0.3) is 5.91 Å². The van der Waals surface area contributed by atoms with Gasteiger partial charge in [-0.3, -0.25) is 4.79 Å². The minimum absolute atomic E-state index is 0.220. The average Bonchev–Trinajstić information content (AvgIpc) is 2.17. The van der Waals surface area contributed by atoms with Crippen LogP contribution in [0.25, 0.3) is 0 Å². The van der Waals surface area contributed by atoms with Gasteiger partial charge in [0, 0.05) is 5.54 Å². The first-order valence-corrected chi connectivity index (χ1v) is 5.62. The predicted octanol–water partition coefficient (Wildman–Crippen LogP) is 2.44. The van der Waals surface area contributed by atoms with Crippen LogP contribution in [-0.4, -0.2) is 21.4 Å². The maximum Gasteiger partial charge on any atom is 0.271 e. The van der Waals surface area contributed by atoms with E-state index in [0.717, 1.165) is 12.8 Å². The molecule has 1 amide bonds. The summed E-state index contributed by atoms with van der Waals surface area (Å²) in [7, 11) is 0. The first-order chi connectivity index (χ1) is 7.44. The first-order valence-electron chi connectivity index (χ1n) is 5.24. The Balaban J connectivity index is 2.69. The van der Waals surface area contributed by atoms with Crippen LogP contribution in [0, 0.1) is 0 Å². The summed E-state index contributed by atoms with van der Waals surface area (Å²) in [5.41, 5.74) is 0.0567. The normalized spacial score (nSPS) is 11.2. The van der Waals surface area contributed by atoms with E-state index >= 15 is 0 Å². The van der Waals surface area contributed by atoms with Gasteiger partial charge in [-0.2, -0.15) is 0 Å². The van der Waals surface area contributed by atoms with Gasteiger partial charge in [-0.25, -0.2) is 9.97 Å². The highest BCUT2D eigenvalue weighted by molar-refractivity contribution is 6.29. The molecule has 0 atom stereocenters. The number of hydrogen-bond donors (Lipinski definition) is 1. The molecular formula is C11H16ClN3O. The van der Waals surface area contributed by atoms with E-state index in [2.05, 4.69) is 22.2 Å². The summed E-state index contributed by atoms with van der Waals surface area (Å²) in [6, 6.07) is 0. The molecule has 0 aromatic carbocycles. The number of amides is 1. The van der Waals surface area contributed by atoms with Crippen molar-refractivity contribution in [1.29, 1.82) is 0 Å². The summed E-state index contributed by atoms with van der Waals surface area (Å²) in [6.45, 7) is 6.05. The number of hydrogen-bond acceptors (Lipinski definition) is 3. The first kappa shape index (κ1) is 12.9. The Morgan fingerprint density at radius 2 is 2.12 bits per heavy atom. The van der Waals surface area contributed by atoms with Gasteiger partial charge in [0.05, 0.1) is 12.4 Å². The third-order valence-corrected chi connectivity index (χ3v) is 2.38. The summed E-state index contributed by atoms with van der Waals surface area (Å²) in [6.07, 6.45) is 4.67. The number of nitrogens with zero attached hydrogens (tertiary/aromatic N) is 2. The second-order valence-electron chi connectivity index (χ2n) is 4.31. The smallest absolute Gasteiger partial charge is 0.271 e. The van der Waals surface area contributed by atoms with Crippen molar-refractivity contribution in [3.63, 3.8) is 0 Å². The van der Waals surface area contributed by atoms with Gasteiger partial charge < -0.3 is 5.32 Å². The highest BCUT2D eigenvalue weighted by Crippen LogP contribution is 2.11. The molecular weight excluding hydrogens is 226 g/mol. The van der Waals surface area contributed by atoms with Crippen LogP contribution in [0.2, 0.25) is 5.15 Å². The minimum Gasteiger partial charge on any atom is -0.346 e. The summed E-state index contributed by atoms with van der Waals surface area (Å²) < 4.78 is 0. The predicted molar refractivity (Wildman–Crippen MR) is 63.5 cm³/mol. The quantitative estimate of drug-likeness (QED) is 0.881. The molecule has 0 aliphatic carbocycles. The lowest BCUT2D eigenvalue weighted by Gasteiger charge is -2.25. The highest BCUT2D eigenvalue weighted by Gasteiger charge is 2.20. The van der Waals surface area contributed by atoms with Gasteiger partial charge >= 0.3 is 0 Å². The second kappa shape index (κ2) is 5.25. The molecule has 0 aliphatic heterocycles. The molecule has 4 nitrogen and oxygen atoms in total. The fourth-order valence-electron chi connectivity index (χ4n) is 1.49. The molecule has 0 unspecified atom stereocenters. The lowest BCUT2D eigenvalue weighted by molar-refractivity contribution is 0.0903. The van der Waals surface area contributed by atoms with Crippen molar-refractivity contribution in [2.45, 2.75) is 39.2 Å². The largest absolute Gasteiger partial charge is 0.346 e. The molecule has 1 aromatic heterocycles. The molecule has 0 bridgehead atoms. The molecule has 1 rings (SSSR count). The monoisotopic (exact) mass is 241 g/mol. The van der Waals surface area contributed by atoms with Crippen molar-refractivity contribution < 1.29 is 4.79 Å². The van der Waals surface area contributed by atoms with Crippen LogP contribution in [0.4, 0.5) is 0 Å². The zero-order chi connectivity index (χ0) is 12.2. The number of halogens is 1. The Labute approximate surface area is 100 Å². The molecule has 0 aliphatic rings. The van der Waals surface area contributed by atoms with Gasteiger partial charge in [-0.15, -0.1) is 0 Å². The van der Waals surface area contributed by atoms with Crippen LogP contribution < -0.4 is 5.32 Å². The van der Waals surface area contributed by atoms with Gasteiger partial charge in [-0.05, 0) is 20.3 Å². The summed E-state index contributed by atoms with van der Waals surface area (Å²) in [4.78, 5) is 19.5. The van der Waals surface area contributed by atoms with Crippen molar-refractivity contribution in [1.82, 2.24) is 15.3 Å². The Morgan fingerprint density at radius 1 is 1.44 bits per heavy atom. The zero-order valence-corrected chi connectivity index (χ0v) is 10.5. The van der Waals surface area contributed by atoms with E-state index in [0.29, 0.717) is 0 Å². The van der Waals surface area contributed by atoms with Crippen molar-refractivity contribution in [2.24, 2.45) is 0 Å². The fourth-order valence-corrected chi connectivity index (χ4v) is 1.59. The zero-order valence-electron chi connectivity index (χ0n) is 9.75. The van der Waals surface area contributed by atoms with E-state index < -0.39 is 0 Å². The Morgan fingerprint density at radius 3 is 2.62 bits per heavy atom. The van der Waals surface area contributed by atoms with Crippen LogP contribution in [0.3, 0.4) is 0 Å². The lowest BCUT2D eigenvalue weighted by Crippen LogP contribution is -2.43. The molecule has 0 spiro atoms. The standard InChI is InChI=1S/C11H16ClN3O/c1-4-5-11(2,3)15-10(16)8-6-14-9(12)7-13-8/h6-7H,4-5H2,1-3H3,(H,15,16). The maximum atomic E-state index is 11.8. The molecule has 0 saturated heterocycles. The molecule has 0 fully saturated rings. The number of carbonyl (C=O) groups excluding carboxylic acids is 1. The molecule has 5 heteroatoms. The van der Waals surface area contributed by atoms with E-state index in [-0.39, 0.29) is 22.3 Å². The van der Waals surface area contributed by atoms with E-state index in [1.165, 1.54) is 12.4 Å². The molecule has 1 heterocycles. The SMILES string of the molecule is CCCC(C)(C)NC(=O)c1cnc(Cl)cn1. The average molecular weight is 242 g/mol. The lowest BCUT2D eigenvalue weighted by atomic mass is 9.99. The van der Waals surface area contributed by atoms with Gasteiger partial charge in [0.15, 0.2) is 0 Å². The Kier molecular flexibility index (Phi) is 4.24. The molecule has 16 heavy (non-hydrogen) atoms. The number of rotatable bonds is 4. The van der Waals surface area contributed by atoms with Crippen LogP contribution in [0.5, 0.6) is 0 Å². The van der Waals surface area contributed by atoms with Crippen molar-refractivity contribution in [3.8, 4) is 0 Å². The van der Waals surface area contributed by atoms with Gasteiger partial charge in [0.1, 0.15) is 10.8 Å². The van der Waals surface area contributed by atoms with Crippen molar-refractivity contribution in [3.05, 3.63) is 23.2 Å². The maximum absolute atomic E-state index is 11.8.